The number of carbonyl (C=O) groups excluding carboxylic acids is 2. The molecule has 3 rings (SSSR count). The molecule has 2 aromatic rings. The minimum atomic E-state index is -3.64. The van der Waals surface area contributed by atoms with Gasteiger partial charge < -0.3 is 14.9 Å². The second-order valence-corrected chi connectivity index (χ2v) is 10.5. The van der Waals surface area contributed by atoms with Crippen molar-refractivity contribution >= 4 is 27.5 Å². The molecule has 1 heterocycles. The Labute approximate surface area is 194 Å². The Hall–Kier alpha value is -3.01. The van der Waals surface area contributed by atoms with E-state index in [4.69, 9.17) is 0 Å². The van der Waals surface area contributed by atoms with E-state index in [0.717, 1.165) is 16.4 Å². The van der Waals surface area contributed by atoms with Gasteiger partial charge in [-0.15, -0.1) is 0 Å². The summed E-state index contributed by atoms with van der Waals surface area (Å²) in [7, 11) is 3.09. The molecule has 0 aromatic heterocycles. The van der Waals surface area contributed by atoms with E-state index >= 15 is 0 Å². The first-order valence-corrected chi connectivity index (χ1v) is 12.0. The van der Waals surface area contributed by atoms with Crippen LogP contribution in [0.1, 0.15) is 23.6 Å². The Bertz CT molecular complexity index is 1160. The highest BCUT2D eigenvalue weighted by Crippen LogP contribution is 2.39. The van der Waals surface area contributed by atoms with E-state index in [1.165, 1.54) is 43.3 Å². The lowest BCUT2D eigenvalue weighted by Crippen LogP contribution is -2.32. The average molecular weight is 472 g/mol. The molecule has 0 radical (unpaired) electrons. The third kappa shape index (κ3) is 5.00. The second-order valence-electron chi connectivity index (χ2n) is 8.37. The van der Waals surface area contributed by atoms with E-state index in [-0.39, 0.29) is 21.8 Å². The molecule has 1 fully saturated rings. The van der Waals surface area contributed by atoms with Crippen molar-refractivity contribution in [1.82, 2.24) is 14.1 Å². The smallest absolute Gasteiger partial charge is 0.295 e. The van der Waals surface area contributed by atoms with Gasteiger partial charge in [0.05, 0.1) is 16.5 Å². The number of rotatable bonds is 8. The van der Waals surface area contributed by atoms with E-state index in [1.54, 1.807) is 0 Å². The van der Waals surface area contributed by atoms with Gasteiger partial charge in [-0.25, -0.2) is 12.7 Å². The number of ketones is 1. The molecular weight excluding hydrogens is 442 g/mol. The Morgan fingerprint density at radius 1 is 0.970 bits per heavy atom. The van der Waals surface area contributed by atoms with E-state index in [9.17, 15) is 23.1 Å². The van der Waals surface area contributed by atoms with Crippen LogP contribution in [0.5, 0.6) is 0 Å². The van der Waals surface area contributed by atoms with Crippen LogP contribution in [0.2, 0.25) is 0 Å². The van der Waals surface area contributed by atoms with Gasteiger partial charge in [0.1, 0.15) is 5.76 Å². The largest absolute Gasteiger partial charge is 0.507 e. The van der Waals surface area contributed by atoms with Gasteiger partial charge in [0.2, 0.25) is 10.0 Å². The Kier molecular flexibility index (Phi) is 7.36. The van der Waals surface area contributed by atoms with Crippen LogP contribution in [0.3, 0.4) is 0 Å². The summed E-state index contributed by atoms with van der Waals surface area (Å²) in [4.78, 5) is 29.5. The number of Topliss-reactive ketones (excluding diaryl/α,β-unsaturated/α-hetero) is 1. The predicted octanol–water partition coefficient (Wildman–Crippen LogP) is 2.31. The van der Waals surface area contributed by atoms with Crippen LogP contribution < -0.4 is 0 Å². The van der Waals surface area contributed by atoms with E-state index in [1.807, 2.05) is 49.3 Å². The molecule has 9 heteroatoms. The molecule has 1 N–H and O–H groups in total. The summed E-state index contributed by atoms with van der Waals surface area (Å²) in [5.74, 6) is -1.74. The van der Waals surface area contributed by atoms with Crippen molar-refractivity contribution in [2.24, 2.45) is 0 Å². The molecule has 8 nitrogen and oxygen atoms in total. The van der Waals surface area contributed by atoms with Crippen molar-refractivity contribution in [3.8, 4) is 0 Å². The fourth-order valence-corrected chi connectivity index (χ4v) is 4.70. The highest BCUT2D eigenvalue weighted by Gasteiger charge is 2.45. The normalized spacial score (nSPS) is 18.5. The topological polar surface area (TPSA) is 98.2 Å². The Morgan fingerprint density at radius 2 is 1.58 bits per heavy atom. The van der Waals surface area contributed by atoms with Gasteiger partial charge in [0.15, 0.2) is 0 Å². The van der Waals surface area contributed by atoms with Crippen molar-refractivity contribution in [1.29, 1.82) is 0 Å². The van der Waals surface area contributed by atoms with E-state index in [0.29, 0.717) is 13.0 Å². The van der Waals surface area contributed by atoms with Gasteiger partial charge in [-0.3, -0.25) is 9.59 Å². The van der Waals surface area contributed by atoms with Gasteiger partial charge >= 0.3 is 0 Å². The third-order valence-corrected chi connectivity index (χ3v) is 7.40. The Balaban J connectivity index is 2.06. The summed E-state index contributed by atoms with van der Waals surface area (Å²) in [6.07, 6.45) is 0.667. The summed E-state index contributed by atoms with van der Waals surface area (Å²) in [6, 6.07) is 14.0. The number of nitrogens with zero attached hydrogens (tertiary/aromatic N) is 3. The highest BCUT2D eigenvalue weighted by molar-refractivity contribution is 7.89. The number of aliphatic hydroxyl groups excluding tert-OH is 1. The number of sulfonamides is 1. The Morgan fingerprint density at radius 3 is 2.12 bits per heavy atom. The fraction of sp³-hybridized carbons (Fsp3) is 0.333. The SMILES string of the molecule is CN(C)CCCN1C(=O)C(=O)/C(=C(\O)c2ccc(S(=O)(=O)N(C)C)cc2)C1c1ccccc1. The van der Waals surface area contributed by atoms with Crippen LogP contribution in [-0.4, -0.2) is 80.6 Å². The summed E-state index contributed by atoms with van der Waals surface area (Å²) >= 11 is 0. The molecule has 0 aliphatic carbocycles. The first-order chi connectivity index (χ1) is 15.6. The molecule has 0 saturated carbocycles. The lowest BCUT2D eigenvalue weighted by atomic mass is 9.95. The van der Waals surface area contributed by atoms with Gasteiger partial charge in [0.25, 0.3) is 11.7 Å². The molecular formula is C24H29N3O5S. The second kappa shape index (κ2) is 9.86. The minimum absolute atomic E-state index is 0.000676. The zero-order chi connectivity index (χ0) is 24.3. The van der Waals surface area contributed by atoms with Crippen LogP contribution >= 0.6 is 0 Å². The quantitative estimate of drug-likeness (QED) is 0.360. The van der Waals surface area contributed by atoms with Crippen LogP contribution in [0.4, 0.5) is 0 Å². The summed E-state index contributed by atoms with van der Waals surface area (Å²) in [6.45, 7) is 1.10. The van der Waals surface area contributed by atoms with Crippen LogP contribution in [-0.2, 0) is 19.6 Å². The van der Waals surface area contributed by atoms with Crippen LogP contribution in [0.15, 0.2) is 65.1 Å². The van der Waals surface area contributed by atoms with Crippen molar-refractivity contribution in [3.05, 3.63) is 71.3 Å². The number of hydrogen-bond acceptors (Lipinski definition) is 6. The molecule has 33 heavy (non-hydrogen) atoms. The molecule has 0 bridgehead atoms. The number of aliphatic hydroxyl groups is 1. The van der Waals surface area contributed by atoms with Gasteiger partial charge in [-0.2, -0.15) is 0 Å². The first kappa shape index (κ1) is 24.6. The maximum absolute atomic E-state index is 13.0. The molecule has 0 spiro atoms. The van der Waals surface area contributed by atoms with Crippen molar-refractivity contribution in [2.75, 3.05) is 41.3 Å². The highest BCUT2D eigenvalue weighted by atomic mass is 32.2. The molecule has 1 atom stereocenters. The molecule has 1 aliphatic heterocycles. The van der Waals surface area contributed by atoms with Crippen molar-refractivity contribution in [3.63, 3.8) is 0 Å². The minimum Gasteiger partial charge on any atom is -0.507 e. The van der Waals surface area contributed by atoms with E-state index < -0.39 is 27.8 Å². The van der Waals surface area contributed by atoms with Crippen molar-refractivity contribution in [2.45, 2.75) is 17.4 Å². The van der Waals surface area contributed by atoms with Crippen LogP contribution in [0.25, 0.3) is 5.76 Å². The van der Waals surface area contributed by atoms with E-state index in [2.05, 4.69) is 0 Å². The maximum Gasteiger partial charge on any atom is 0.295 e. The van der Waals surface area contributed by atoms with Gasteiger partial charge in [-0.05, 0) is 56.9 Å². The lowest BCUT2D eigenvalue weighted by molar-refractivity contribution is -0.139. The summed E-state index contributed by atoms with van der Waals surface area (Å²) < 4.78 is 25.8. The molecule has 1 unspecified atom stereocenters. The molecule has 1 saturated heterocycles. The van der Waals surface area contributed by atoms with Crippen LogP contribution in [0, 0.1) is 0 Å². The lowest BCUT2D eigenvalue weighted by Gasteiger charge is -2.26. The molecule has 1 amide bonds. The predicted molar refractivity (Wildman–Crippen MR) is 126 cm³/mol. The number of carbonyl (C=O) groups is 2. The van der Waals surface area contributed by atoms with Gasteiger partial charge in [-0.1, -0.05) is 30.3 Å². The maximum atomic E-state index is 13.0. The zero-order valence-corrected chi connectivity index (χ0v) is 20.0. The molecule has 2 aromatic carbocycles. The monoisotopic (exact) mass is 471 g/mol. The molecule has 176 valence electrons. The fourth-order valence-electron chi connectivity index (χ4n) is 3.80. The summed E-state index contributed by atoms with van der Waals surface area (Å²) in [5, 5.41) is 11.1. The number of likely N-dealkylation sites (tertiary alicyclic amines) is 1. The van der Waals surface area contributed by atoms with Crippen molar-refractivity contribution < 1.29 is 23.1 Å². The third-order valence-electron chi connectivity index (χ3n) is 5.57. The average Bonchev–Trinajstić information content (AvgIpc) is 3.04. The first-order valence-electron chi connectivity index (χ1n) is 10.6. The standard InChI is InChI=1S/C24H29N3O5S/c1-25(2)15-8-16-27-21(17-9-6-5-7-10-17)20(23(29)24(27)30)22(28)18-11-13-19(14-12-18)33(31,32)26(3)4/h5-7,9-14,21,28H,8,15-16H2,1-4H3/b22-20-. The number of hydrogen-bond donors (Lipinski definition) is 1. The number of amides is 1. The summed E-state index contributed by atoms with van der Waals surface area (Å²) in [5.41, 5.74) is 0.981. The molecule has 1 aliphatic rings. The zero-order valence-electron chi connectivity index (χ0n) is 19.2. The van der Waals surface area contributed by atoms with Gasteiger partial charge in [0, 0.05) is 26.2 Å². The number of benzene rings is 2.